The van der Waals surface area contributed by atoms with Crippen molar-refractivity contribution < 1.29 is 23.9 Å². The van der Waals surface area contributed by atoms with Gasteiger partial charge in [0.25, 0.3) is 5.91 Å². The summed E-state index contributed by atoms with van der Waals surface area (Å²) in [4.78, 5) is 48.0. The fourth-order valence-corrected chi connectivity index (χ4v) is 4.65. The van der Waals surface area contributed by atoms with Gasteiger partial charge in [-0.25, -0.2) is 4.99 Å². The molecule has 0 radical (unpaired) electrons. The van der Waals surface area contributed by atoms with Crippen LogP contribution in [0.15, 0.2) is 58.5 Å². The number of hydrogen-bond acceptors (Lipinski definition) is 8. The molecule has 0 saturated heterocycles. The number of amidine groups is 2. The van der Waals surface area contributed by atoms with Crippen molar-refractivity contribution in [1.29, 1.82) is 0 Å². The van der Waals surface area contributed by atoms with E-state index in [1.807, 2.05) is 48.5 Å². The predicted molar refractivity (Wildman–Crippen MR) is 134 cm³/mol. The molecule has 2 heterocycles. The normalized spacial score (nSPS) is 16.1. The number of hydrogen-bond donors (Lipinski definition) is 1. The quantitative estimate of drug-likeness (QED) is 0.534. The topological polar surface area (TPSA) is 110 Å². The molecule has 10 heteroatoms. The number of carbonyl (C=O) groups excluding carboxylic acids is 3. The van der Waals surface area contributed by atoms with Crippen molar-refractivity contribution >= 4 is 46.2 Å². The Kier molecular flexibility index (Phi) is 7.81. The second kappa shape index (κ2) is 11.2. The van der Waals surface area contributed by atoms with Crippen molar-refractivity contribution in [2.45, 2.75) is 32.4 Å². The lowest BCUT2D eigenvalue weighted by molar-refractivity contribution is -0.139. The van der Waals surface area contributed by atoms with Gasteiger partial charge in [0.1, 0.15) is 17.6 Å². The summed E-state index contributed by atoms with van der Waals surface area (Å²) in [5.74, 6) is 0.438. The summed E-state index contributed by atoms with van der Waals surface area (Å²) in [5.41, 5.74) is 2.37. The Bertz CT molecular complexity index is 1180. The third kappa shape index (κ3) is 5.71. The van der Waals surface area contributed by atoms with Gasteiger partial charge in [-0.2, -0.15) is 4.99 Å². The summed E-state index contributed by atoms with van der Waals surface area (Å²) in [6, 6.07) is 14.2. The number of fused-ring (bicyclic) bond motifs is 3. The molecule has 0 aliphatic carbocycles. The SMILES string of the molecule is CCOC(=O)CSC1=Nc2ccccc2C2=NC(=O)C(CCC(=O)NCc3ccc(OC)cc3)N12. The number of rotatable bonds is 9. The summed E-state index contributed by atoms with van der Waals surface area (Å²) in [7, 11) is 1.60. The molecule has 2 aliphatic rings. The van der Waals surface area contributed by atoms with Gasteiger partial charge in [-0.1, -0.05) is 36.0 Å². The van der Waals surface area contributed by atoms with E-state index in [0.29, 0.717) is 23.2 Å². The molecule has 35 heavy (non-hydrogen) atoms. The van der Waals surface area contributed by atoms with Crippen molar-refractivity contribution in [1.82, 2.24) is 10.2 Å². The Morgan fingerprint density at radius 3 is 2.63 bits per heavy atom. The van der Waals surface area contributed by atoms with Gasteiger partial charge in [-0.05, 0) is 43.2 Å². The minimum atomic E-state index is -0.668. The maximum atomic E-state index is 12.9. The molecule has 1 unspecified atom stereocenters. The van der Waals surface area contributed by atoms with Crippen LogP contribution in [0.5, 0.6) is 5.75 Å². The predicted octanol–water partition coefficient (Wildman–Crippen LogP) is 3.05. The van der Waals surface area contributed by atoms with Gasteiger partial charge >= 0.3 is 5.97 Å². The zero-order chi connectivity index (χ0) is 24.8. The van der Waals surface area contributed by atoms with Crippen LogP contribution in [-0.4, -0.2) is 59.2 Å². The third-order valence-electron chi connectivity index (χ3n) is 5.53. The van der Waals surface area contributed by atoms with Crippen molar-refractivity contribution in [3.63, 3.8) is 0 Å². The van der Waals surface area contributed by atoms with E-state index in [1.165, 1.54) is 11.8 Å². The van der Waals surface area contributed by atoms with Crippen LogP contribution >= 0.6 is 11.8 Å². The molecule has 1 N–H and O–H groups in total. The Balaban J connectivity index is 1.43. The van der Waals surface area contributed by atoms with E-state index in [2.05, 4.69) is 15.3 Å². The molecule has 0 spiro atoms. The smallest absolute Gasteiger partial charge is 0.316 e. The lowest BCUT2D eigenvalue weighted by Gasteiger charge is -2.30. The Labute approximate surface area is 207 Å². The van der Waals surface area contributed by atoms with Gasteiger partial charge in [0, 0.05) is 18.5 Å². The molecule has 0 aromatic heterocycles. The Hall–Kier alpha value is -3.66. The molecule has 2 aromatic rings. The molecule has 9 nitrogen and oxygen atoms in total. The molecule has 4 rings (SSSR count). The van der Waals surface area contributed by atoms with Crippen molar-refractivity contribution in [3.8, 4) is 5.75 Å². The van der Waals surface area contributed by atoms with E-state index < -0.39 is 6.04 Å². The van der Waals surface area contributed by atoms with Crippen LogP contribution in [0.2, 0.25) is 0 Å². The number of benzene rings is 2. The number of amides is 2. The van der Waals surface area contributed by atoms with Gasteiger partial charge in [-0.3, -0.25) is 19.3 Å². The van der Waals surface area contributed by atoms with E-state index in [9.17, 15) is 14.4 Å². The first kappa shape index (κ1) is 24.5. The Morgan fingerprint density at radius 1 is 1.11 bits per heavy atom. The molecular formula is C25H26N4O5S. The van der Waals surface area contributed by atoms with Crippen LogP contribution in [0.4, 0.5) is 5.69 Å². The molecule has 0 fully saturated rings. The first-order valence-electron chi connectivity index (χ1n) is 11.3. The third-order valence-corrected chi connectivity index (χ3v) is 6.45. The number of nitrogens with zero attached hydrogens (tertiary/aromatic N) is 3. The number of esters is 1. The molecule has 2 aliphatic heterocycles. The average molecular weight is 495 g/mol. The molecule has 2 amide bonds. The summed E-state index contributed by atoms with van der Waals surface area (Å²) in [5, 5.41) is 3.38. The number of para-hydroxylation sites is 1. The molecular weight excluding hydrogens is 468 g/mol. The van der Waals surface area contributed by atoms with Crippen LogP contribution in [0.3, 0.4) is 0 Å². The summed E-state index contributed by atoms with van der Waals surface area (Å²) in [6.45, 7) is 2.41. The number of thioether (sulfide) groups is 1. The molecule has 1 atom stereocenters. The van der Waals surface area contributed by atoms with Crippen LogP contribution in [0.1, 0.15) is 30.9 Å². The summed E-state index contributed by atoms with van der Waals surface area (Å²) < 4.78 is 10.2. The number of ether oxygens (including phenoxy) is 2. The first-order valence-corrected chi connectivity index (χ1v) is 12.3. The van der Waals surface area contributed by atoms with Crippen LogP contribution in [0.25, 0.3) is 0 Å². The lowest BCUT2D eigenvalue weighted by Crippen LogP contribution is -2.44. The Morgan fingerprint density at radius 2 is 1.89 bits per heavy atom. The molecule has 182 valence electrons. The van der Waals surface area contributed by atoms with Gasteiger partial charge in [0.2, 0.25) is 5.91 Å². The van der Waals surface area contributed by atoms with Crippen LogP contribution in [0, 0.1) is 0 Å². The lowest BCUT2D eigenvalue weighted by atomic mass is 10.1. The highest BCUT2D eigenvalue weighted by atomic mass is 32.2. The van der Waals surface area contributed by atoms with E-state index in [1.54, 1.807) is 18.9 Å². The van der Waals surface area contributed by atoms with Crippen molar-refractivity contribution in [2.75, 3.05) is 19.5 Å². The maximum absolute atomic E-state index is 12.9. The number of methoxy groups -OCH3 is 1. The highest BCUT2D eigenvalue weighted by Gasteiger charge is 2.41. The van der Waals surface area contributed by atoms with Gasteiger partial charge in [0.15, 0.2) is 5.17 Å². The first-order chi connectivity index (χ1) is 17.0. The van der Waals surface area contributed by atoms with Gasteiger partial charge in [0.05, 0.1) is 25.2 Å². The zero-order valence-electron chi connectivity index (χ0n) is 19.5. The second-order valence-electron chi connectivity index (χ2n) is 7.83. The average Bonchev–Trinajstić information content (AvgIpc) is 3.21. The summed E-state index contributed by atoms with van der Waals surface area (Å²) in [6.07, 6.45) is 0.408. The molecule has 2 aromatic carbocycles. The standard InChI is InChI=1S/C25H26N4O5S/c1-3-34-22(31)15-35-25-27-19-7-5-4-6-18(19)23-28-24(32)20(29(23)25)12-13-21(30)26-14-16-8-10-17(33-2)11-9-16/h4-11,20H,3,12-15H2,1-2H3,(H,26,30). The molecule has 0 bridgehead atoms. The fourth-order valence-electron chi connectivity index (χ4n) is 3.80. The van der Waals surface area contributed by atoms with Gasteiger partial charge < -0.3 is 14.8 Å². The highest BCUT2D eigenvalue weighted by molar-refractivity contribution is 8.14. The van der Waals surface area contributed by atoms with Crippen LogP contribution < -0.4 is 10.1 Å². The zero-order valence-corrected chi connectivity index (χ0v) is 20.3. The highest BCUT2D eigenvalue weighted by Crippen LogP contribution is 2.35. The summed E-state index contributed by atoms with van der Waals surface area (Å²) >= 11 is 1.19. The van der Waals surface area contributed by atoms with E-state index >= 15 is 0 Å². The van der Waals surface area contributed by atoms with E-state index in [-0.39, 0.29) is 43.0 Å². The van der Waals surface area contributed by atoms with Gasteiger partial charge in [-0.15, -0.1) is 0 Å². The van der Waals surface area contributed by atoms with E-state index in [4.69, 9.17) is 9.47 Å². The van der Waals surface area contributed by atoms with Crippen LogP contribution in [-0.2, 0) is 25.7 Å². The van der Waals surface area contributed by atoms with Crippen molar-refractivity contribution in [2.24, 2.45) is 9.98 Å². The molecule has 0 saturated carbocycles. The second-order valence-corrected chi connectivity index (χ2v) is 8.77. The number of nitrogens with one attached hydrogen (secondary N) is 1. The largest absolute Gasteiger partial charge is 0.497 e. The number of aliphatic imine (C=N–C) groups is 2. The fraction of sp³-hybridized carbons (Fsp3) is 0.320. The maximum Gasteiger partial charge on any atom is 0.316 e. The van der Waals surface area contributed by atoms with Crippen molar-refractivity contribution in [3.05, 3.63) is 59.7 Å². The minimum absolute atomic E-state index is 0.0574. The number of carbonyl (C=O) groups is 3. The monoisotopic (exact) mass is 494 g/mol. The van der Waals surface area contributed by atoms with E-state index in [0.717, 1.165) is 16.9 Å². The minimum Gasteiger partial charge on any atom is -0.497 e.